The summed E-state index contributed by atoms with van der Waals surface area (Å²) in [4.78, 5) is 14.1. The Hall–Kier alpha value is -1.20. The van der Waals surface area contributed by atoms with Gasteiger partial charge in [0.15, 0.2) is 0 Å². The smallest absolute Gasteiger partial charge is 0.334 e. The molecular weight excluding hydrogens is 178 g/mol. The number of hydrogen-bond donors (Lipinski definition) is 2. The van der Waals surface area contributed by atoms with E-state index >= 15 is 0 Å². The van der Waals surface area contributed by atoms with E-state index in [0.29, 0.717) is 5.69 Å². The number of carboxylic acid groups (broad SMARTS) is 1. The van der Waals surface area contributed by atoms with E-state index in [4.69, 9.17) is 5.11 Å². The second-order valence-electron chi connectivity index (χ2n) is 2.15. The number of aliphatic hydroxyl groups excluding tert-OH is 1. The Morgan fingerprint density at radius 1 is 1.75 bits per heavy atom. The highest BCUT2D eigenvalue weighted by Gasteiger charge is 2.18. The average Bonchev–Trinajstić information content (AvgIpc) is 2.53. The normalized spacial score (nSPS) is 12.4. The van der Waals surface area contributed by atoms with Crippen LogP contribution in [-0.4, -0.2) is 21.2 Å². The van der Waals surface area contributed by atoms with Crippen LogP contribution in [-0.2, 0) is 4.79 Å². The van der Waals surface area contributed by atoms with Gasteiger partial charge in [-0.05, 0) is 0 Å². The molecule has 0 aliphatic rings. The summed E-state index contributed by atoms with van der Waals surface area (Å²) < 4.78 is 0. The SMILES string of the molecule is C=C(C(=O)O)C(O)c1cscn1. The summed E-state index contributed by atoms with van der Waals surface area (Å²) in [5.41, 5.74) is 1.58. The molecule has 1 unspecified atom stereocenters. The lowest BCUT2D eigenvalue weighted by molar-refractivity contribution is -0.133. The first-order valence-corrected chi connectivity index (χ1v) is 4.05. The first-order valence-electron chi connectivity index (χ1n) is 3.11. The third-order valence-electron chi connectivity index (χ3n) is 1.34. The number of carbonyl (C=O) groups is 1. The molecule has 1 atom stereocenters. The minimum absolute atomic E-state index is 0.263. The van der Waals surface area contributed by atoms with Crippen LogP contribution in [0.25, 0.3) is 0 Å². The van der Waals surface area contributed by atoms with Crippen LogP contribution < -0.4 is 0 Å². The number of thiazole rings is 1. The first-order chi connectivity index (χ1) is 5.63. The summed E-state index contributed by atoms with van der Waals surface area (Å²) in [6.45, 7) is 3.23. The largest absolute Gasteiger partial charge is 0.478 e. The van der Waals surface area contributed by atoms with E-state index in [-0.39, 0.29) is 5.57 Å². The zero-order chi connectivity index (χ0) is 9.14. The third-order valence-corrected chi connectivity index (χ3v) is 1.94. The van der Waals surface area contributed by atoms with Gasteiger partial charge in [0, 0.05) is 5.38 Å². The van der Waals surface area contributed by atoms with Crippen molar-refractivity contribution in [2.24, 2.45) is 0 Å². The number of aliphatic hydroxyl groups is 1. The van der Waals surface area contributed by atoms with Gasteiger partial charge in [-0.15, -0.1) is 11.3 Å². The molecular formula is C7H7NO3S. The second-order valence-corrected chi connectivity index (χ2v) is 2.86. The Bertz CT molecular complexity index is 294. The standard InChI is InChI=1S/C7H7NO3S/c1-4(7(10)11)6(9)5-2-12-3-8-5/h2-3,6,9H,1H2,(H,10,11). The minimum Gasteiger partial charge on any atom is -0.478 e. The number of hydrogen-bond acceptors (Lipinski definition) is 4. The van der Waals surface area contributed by atoms with Crippen molar-refractivity contribution in [1.82, 2.24) is 4.98 Å². The summed E-state index contributed by atoms with van der Waals surface area (Å²) >= 11 is 1.29. The number of carboxylic acids is 1. The monoisotopic (exact) mass is 185 g/mol. The molecule has 0 spiro atoms. The molecule has 0 radical (unpaired) electrons. The highest BCUT2D eigenvalue weighted by atomic mass is 32.1. The van der Waals surface area contributed by atoms with Gasteiger partial charge in [-0.2, -0.15) is 0 Å². The fourth-order valence-electron chi connectivity index (χ4n) is 0.652. The summed E-state index contributed by atoms with van der Waals surface area (Å²) in [6.07, 6.45) is -1.20. The van der Waals surface area contributed by atoms with E-state index < -0.39 is 12.1 Å². The van der Waals surface area contributed by atoms with Crippen molar-refractivity contribution >= 4 is 17.3 Å². The first kappa shape index (κ1) is 8.89. The van der Waals surface area contributed by atoms with Crippen LogP contribution in [0.4, 0.5) is 0 Å². The molecule has 2 N–H and O–H groups in total. The lowest BCUT2D eigenvalue weighted by Crippen LogP contribution is -2.09. The zero-order valence-electron chi connectivity index (χ0n) is 6.10. The molecule has 1 aromatic rings. The Balaban J connectivity index is 2.79. The van der Waals surface area contributed by atoms with Crippen LogP contribution in [0.15, 0.2) is 23.0 Å². The molecule has 0 aliphatic heterocycles. The number of rotatable bonds is 3. The summed E-state index contributed by atoms with van der Waals surface area (Å²) in [6, 6.07) is 0. The molecule has 0 bridgehead atoms. The highest BCUT2D eigenvalue weighted by molar-refractivity contribution is 7.07. The Morgan fingerprint density at radius 2 is 2.42 bits per heavy atom. The van der Waals surface area contributed by atoms with Gasteiger partial charge in [0.2, 0.25) is 0 Å². The predicted octanol–water partition coefficient (Wildman–Crippen LogP) is 0.817. The molecule has 1 rings (SSSR count). The maximum atomic E-state index is 10.4. The predicted molar refractivity (Wildman–Crippen MR) is 43.8 cm³/mol. The molecule has 0 aliphatic carbocycles. The Kier molecular flexibility index (Phi) is 2.57. The van der Waals surface area contributed by atoms with E-state index in [1.54, 1.807) is 5.38 Å². The molecule has 12 heavy (non-hydrogen) atoms. The molecule has 0 saturated heterocycles. The van der Waals surface area contributed by atoms with Gasteiger partial charge in [0.1, 0.15) is 6.10 Å². The summed E-state index contributed by atoms with van der Waals surface area (Å²) in [7, 11) is 0. The van der Waals surface area contributed by atoms with E-state index in [1.807, 2.05) is 0 Å². The van der Waals surface area contributed by atoms with E-state index in [9.17, 15) is 9.90 Å². The number of aliphatic carboxylic acids is 1. The van der Waals surface area contributed by atoms with Gasteiger partial charge in [-0.25, -0.2) is 9.78 Å². The van der Waals surface area contributed by atoms with Crippen molar-refractivity contribution in [2.45, 2.75) is 6.10 Å². The molecule has 0 aromatic carbocycles. The average molecular weight is 185 g/mol. The molecule has 64 valence electrons. The van der Waals surface area contributed by atoms with Gasteiger partial charge < -0.3 is 10.2 Å². The maximum absolute atomic E-state index is 10.4. The van der Waals surface area contributed by atoms with Gasteiger partial charge >= 0.3 is 5.97 Å². The van der Waals surface area contributed by atoms with Crippen LogP contribution in [0.3, 0.4) is 0 Å². The minimum atomic E-state index is -1.21. The molecule has 5 heteroatoms. The highest BCUT2D eigenvalue weighted by Crippen LogP contribution is 2.19. The maximum Gasteiger partial charge on any atom is 0.334 e. The molecule has 1 aromatic heterocycles. The fraction of sp³-hybridized carbons (Fsp3) is 0.143. The zero-order valence-corrected chi connectivity index (χ0v) is 6.91. The fourth-order valence-corrected chi connectivity index (χ4v) is 1.22. The van der Waals surface area contributed by atoms with Gasteiger partial charge in [-0.3, -0.25) is 0 Å². The lowest BCUT2D eigenvalue weighted by Gasteiger charge is -2.05. The van der Waals surface area contributed by atoms with Crippen molar-refractivity contribution in [3.05, 3.63) is 28.7 Å². The van der Waals surface area contributed by atoms with Gasteiger partial charge in [0.25, 0.3) is 0 Å². The van der Waals surface area contributed by atoms with Crippen molar-refractivity contribution in [3.63, 3.8) is 0 Å². The third kappa shape index (κ3) is 1.69. The van der Waals surface area contributed by atoms with E-state index in [1.165, 1.54) is 16.8 Å². The van der Waals surface area contributed by atoms with Crippen LogP contribution >= 0.6 is 11.3 Å². The van der Waals surface area contributed by atoms with Crippen molar-refractivity contribution < 1.29 is 15.0 Å². The lowest BCUT2D eigenvalue weighted by atomic mass is 10.1. The van der Waals surface area contributed by atoms with Crippen molar-refractivity contribution in [2.75, 3.05) is 0 Å². The van der Waals surface area contributed by atoms with Crippen molar-refractivity contribution in [1.29, 1.82) is 0 Å². The molecule has 0 amide bonds. The van der Waals surface area contributed by atoms with Crippen LogP contribution in [0.5, 0.6) is 0 Å². The molecule has 0 fully saturated rings. The Labute approximate surface area is 72.8 Å². The molecule has 1 heterocycles. The second kappa shape index (κ2) is 3.46. The molecule has 4 nitrogen and oxygen atoms in total. The van der Waals surface area contributed by atoms with Crippen LogP contribution in [0.2, 0.25) is 0 Å². The van der Waals surface area contributed by atoms with Gasteiger partial charge in [0.05, 0.1) is 16.8 Å². The Morgan fingerprint density at radius 3 is 2.83 bits per heavy atom. The van der Waals surface area contributed by atoms with Crippen LogP contribution in [0.1, 0.15) is 11.8 Å². The number of aromatic nitrogens is 1. The van der Waals surface area contributed by atoms with Crippen LogP contribution in [0, 0.1) is 0 Å². The molecule has 0 saturated carbocycles. The summed E-state index contributed by atoms with van der Waals surface area (Å²) in [5.74, 6) is -1.21. The van der Waals surface area contributed by atoms with E-state index in [2.05, 4.69) is 11.6 Å². The van der Waals surface area contributed by atoms with E-state index in [0.717, 1.165) is 0 Å². The quantitative estimate of drug-likeness (QED) is 0.684. The number of nitrogens with zero attached hydrogens (tertiary/aromatic N) is 1. The van der Waals surface area contributed by atoms with Crippen molar-refractivity contribution in [3.8, 4) is 0 Å². The summed E-state index contributed by atoms with van der Waals surface area (Å²) in [5, 5.41) is 19.4. The topological polar surface area (TPSA) is 70.4 Å². The van der Waals surface area contributed by atoms with Gasteiger partial charge in [-0.1, -0.05) is 6.58 Å².